The Morgan fingerprint density at radius 2 is 2.36 bits per heavy atom. The first-order valence-corrected chi connectivity index (χ1v) is 7.81. The number of aromatic nitrogens is 3. The van der Waals surface area contributed by atoms with Crippen LogP contribution >= 0.6 is 0 Å². The fourth-order valence-electron chi connectivity index (χ4n) is 3.18. The standard InChI is InChI=1S/C16H22N4O2/c1-11-15(12(2)22-19-11)9-16(21)20-7-3-4-13(10-20)8-14-5-6-17-18-14/h5-6,13H,3-4,7-10H2,1-2H3,(H,17,18). The molecule has 1 saturated heterocycles. The molecule has 2 aromatic rings. The third-order valence-electron chi connectivity index (χ3n) is 4.45. The summed E-state index contributed by atoms with van der Waals surface area (Å²) in [5.41, 5.74) is 2.89. The minimum atomic E-state index is 0.170. The van der Waals surface area contributed by atoms with Crippen molar-refractivity contribution in [2.45, 2.75) is 39.5 Å². The van der Waals surface area contributed by atoms with E-state index in [1.165, 1.54) is 0 Å². The number of carbonyl (C=O) groups is 1. The summed E-state index contributed by atoms with van der Waals surface area (Å²) in [6, 6.07) is 2.00. The van der Waals surface area contributed by atoms with Crippen LogP contribution in [0.3, 0.4) is 0 Å². The number of hydrogen-bond acceptors (Lipinski definition) is 4. The molecule has 0 bridgehead atoms. The van der Waals surface area contributed by atoms with Crippen LogP contribution in [0.2, 0.25) is 0 Å². The second-order valence-electron chi connectivity index (χ2n) is 6.11. The first-order valence-electron chi connectivity index (χ1n) is 7.81. The van der Waals surface area contributed by atoms with Crippen molar-refractivity contribution in [3.63, 3.8) is 0 Å². The Kier molecular flexibility index (Phi) is 4.27. The fraction of sp³-hybridized carbons (Fsp3) is 0.562. The summed E-state index contributed by atoms with van der Waals surface area (Å²) >= 11 is 0. The van der Waals surface area contributed by atoms with Crippen LogP contribution in [0.4, 0.5) is 0 Å². The summed E-state index contributed by atoms with van der Waals surface area (Å²) in [6.07, 6.45) is 5.34. The Balaban J connectivity index is 1.60. The molecule has 6 nitrogen and oxygen atoms in total. The van der Waals surface area contributed by atoms with Gasteiger partial charge >= 0.3 is 0 Å². The van der Waals surface area contributed by atoms with Crippen LogP contribution < -0.4 is 0 Å². The van der Waals surface area contributed by atoms with Gasteiger partial charge in [0.25, 0.3) is 0 Å². The van der Waals surface area contributed by atoms with Crippen LogP contribution in [-0.2, 0) is 17.6 Å². The highest BCUT2D eigenvalue weighted by Crippen LogP contribution is 2.22. The minimum absolute atomic E-state index is 0.170. The normalized spacial score (nSPS) is 18.6. The van der Waals surface area contributed by atoms with Crippen molar-refractivity contribution in [1.29, 1.82) is 0 Å². The average molecular weight is 302 g/mol. The van der Waals surface area contributed by atoms with Crippen molar-refractivity contribution < 1.29 is 9.32 Å². The Bertz CT molecular complexity index is 613. The van der Waals surface area contributed by atoms with E-state index in [1.54, 1.807) is 6.20 Å². The molecule has 1 fully saturated rings. The Hall–Kier alpha value is -2.11. The maximum atomic E-state index is 12.6. The number of likely N-dealkylation sites (tertiary alicyclic amines) is 1. The number of piperidine rings is 1. The maximum Gasteiger partial charge on any atom is 0.227 e. The summed E-state index contributed by atoms with van der Waals surface area (Å²) in [6.45, 7) is 5.42. The van der Waals surface area contributed by atoms with Gasteiger partial charge in [-0.15, -0.1) is 0 Å². The van der Waals surface area contributed by atoms with Gasteiger partial charge in [0.15, 0.2) is 0 Å². The molecule has 0 aliphatic carbocycles. The van der Waals surface area contributed by atoms with Gasteiger partial charge in [-0.05, 0) is 45.1 Å². The number of aryl methyl sites for hydroxylation is 2. The molecule has 1 amide bonds. The molecule has 0 aromatic carbocycles. The molecule has 22 heavy (non-hydrogen) atoms. The van der Waals surface area contributed by atoms with E-state index in [0.717, 1.165) is 55.1 Å². The number of aromatic amines is 1. The molecule has 1 unspecified atom stereocenters. The van der Waals surface area contributed by atoms with E-state index in [0.29, 0.717) is 12.3 Å². The van der Waals surface area contributed by atoms with Gasteiger partial charge in [0.05, 0.1) is 12.1 Å². The summed E-state index contributed by atoms with van der Waals surface area (Å²) in [4.78, 5) is 14.5. The lowest BCUT2D eigenvalue weighted by molar-refractivity contribution is -0.132. The molecule has 3 heterocycles. The zero-order valence-electron chi connectivity index (χ0n) is 13.1. The molecule has 0 saturated carbocycles. The SMILES string of the molecule is Cc1noc(C)c1CC(=O)N1CCCC(Cc2ccn[nH]2)C1. The van der Waals surface area contributed by atoms with E-state index in [4.69, 9.17) is 4.52 Å². The zero-order valence-corrected chi connectivity index (χ0v) is 13.1. The van der Waals surface area contributed by atoms with Crippen LogP contribution in [0.15, 0.2) is 16.8 Å². The third kappa shape index (κ3) is 3.21. The number of nitrogens with zero attached hydrogens (tertiary/aromatic N) is 3. The monoisotopic (exact) mass is 302 g/mol. The molecule has 1 atom stereocenters. The van der Waals surface area contributed by atoms with Crippen molar-refractivity contribution >= 4 is 5.91 Å². The van der Waals surface area contributed by atoms with E-state index in [-0.39, 0.29) is 5.91 Å². The lowest BCUT2D eigenvalue weighted by Crippen LogP contribution is -2.41. The second-order valence-corrected chi connectivity index (χ2v) is 6.11. The molecule has 1 aliphatic heterocycles. The molecule has 118 valence electrons. The van der Waals surface area contributed by atoms with Crippen LogP contribution in [0.25, 0.3) is 0 Å². The van der Waals surface area contributed by atoms with Crippen LogP contribution in [0, 0.1) is 19.8 Å². The number of rotatable bonds is 4. The first kappa shape index (κ1) is 14.8. The van der Waals surface area contributed by atoms with E-state index in [1.807, 2.05) is 24.8 Å². The number of hydrogen-bond donors (Lipinski definition) is 1. The minimum Gasteiger partial charge on any atom is -0.361 e. The molecule has 2 aromatic heterocycles. The smallest absolute Gasteiger partial charge is 0.227 e. The van der Waals surface area contributed by atoms with E-state index in [9.17, 15) is 4.79 Å². The van der Waals surface area contributed by atoms with Crippen LogP contribution in [0.5, 0.6) is 0 Å². The third-order valence-corrected chi connectivity index (χ3v) is 4.45. The van der Waals surface area contributed by atoms with E-state index < -0.39 is 0 Å². The van der Waals surface area contributed by atoms with Crippen molar-refractivity contribution in [2.75, 3.05) is 13.1 Å². The van der Waals surface area contributed by atoms with Gasteiger partial charge in [-0.2, -0.15) is 5.10 Å². The van der Waals surface area contributed by atoms with Gasteiger partial charge in [0, 0.05) is 30.5 Å². The number of nitrogens with one attached hydrogen (secondary N) is 1. The van der Waals surface area contributed by atoms with Crippen LogP contribution in [-0.4, -0.2) is 39.3 Å². The highest BCUT2D eigenvalue weighted by atomic mass is 16.5. The van der Waals surface area contributed by atoms with Gasteiger partial charge in [0.1, 0.15) is 5.76 Å². The molecule has 6 heteroatoms. The van der Waals surface area contributed by atoms with E-state index >= 15 is 0 Å². The molecule has 1 N–H and O–H groups in total. The van der Waals surface area contributed by atoms with Gasteiger partial charge in [-0.1, -0.05) is 5.16 Å². The molecular formula is C16H22N4O2. The zero-order chi connectivity index (χ0) is 15.5. The first-order chi connectivity index (χ1) is 10.6. The largest absolute Gasteiger partial charge is 0.361 e. The van der Waals surface area contributed by atoms with Gasteiger partial charge in [0.2, 0.25) is 5.91 Å². The highest BCUT2D eigenvalue weighted by molar-refractivity contribution is 5.79. The van der Waals surface area contributed by atoms with Crippen molar-refractivity contribution in [3.05, 3.63) is 35.0 Å². The van der Waals surface area contributed by atoms with Gasteiger partial charge < -0.3 is 9.42 Å². The fourth-order valence-corrected chi connectivity index (χ4v) is 3.18. The number of carbonyl (C=O) groups excluding carboxylic acids is 1. The molecule has 0 spiro atoms. The predicted molar refractivity (Wildman–Crippen MR) is 81.3 cm³/mol. The van der Waals surface area contributed by atoms with E-state index in [2.05, 4.69) is 15.4 Å². The van der Waals surface area contributed by atoms with Crippen molar-refractivity contribution in [2.24, 2.45) is 5.92 Å². The highest BCUT2D eigenvalue weighted by Gasteiger charge is 2.25. The molecule has 1 aliphatic rings. The Morgan fingerprint density at radius 3 is 3.05 bits per heavy atom. The number of amides is 1. The maximum absolute atomic E-state index is 12.6. The van der Waals surface area contributed by atoms with Crippen molar-refractivity contribution in [1.82, 2.24) is 20.3 Å². The topological polar surface area (TPSA) is 75.0 Å². The summed E-state index contributed by atoms with van der Waals surface area (Å²) in [5, 5.41) is 10.9. The lowest BCUT2D eigenvalue weighted by atomic mass is 9.93. The lowest BCUT2D eigenvalue weighted by Gasteiger charge is -2.32. The summed E-state index contributed by atoms with van der Waals surface area (Å²) < 4.78 is 5.14. The Labute approximate surface area is 129 Å². The van der Waals surface area contributed by atoms with Crippen molar-refractivity contribution in [3.8, 4) is 0 Å². The quantitative estimate of drug-likeness (QED) is 0.938. The molecule has 0 radical (unpaired) electrons. The summed E-state index contributed by atoms with van der Waals surface area (Å²) in [5.74, 6) is 1.42. The van der Waals surface area contributed by atoms with Crippen LogP contribution in [0.1, 0.15) is 35.6 Å². The molecular weight excluding hydrogens is 280 g/mol. The molecule has 3 rings (SSSR count). The number of H-pyrrole nitrogens is 1. The summed E-state index contributed by atoms with van der Waals surface area (Å²) in [7, 11) is 0. The Morgan fingerprint density at radius 1 is 1.50 bits per heavy atom. The average Bonchev–Trinajstić information content (AvgIpc) is 3.12. The van der Waals surface area contributed by atoms with Gasteiger partial charge in [-0.3, -0.25) is 9.89 Å². The van der Waals surface area contributed by atoms with Gasteiger partial charge in [-0.25, -0.2) is 0 Å². The second kappa shape index (κ2) is 6.34. The predicted octanol–water partition coefficient (Wildman–Crippen LogP) is 2.04.